The number of nitrogens with one attached hydrogen (secondary N) is 1. The molecule has 0 atom stereocenters. The van der Waals surface area contributed by atoms with Crippen molar-refractivity contribution in [2.24, 2.45) is 0 Å². The van der Waals surface area contributed by atoms with Gasteiger partial charge < -0.3 is 9.50 Å². The van der Waals surface area contributed by atoms with Crippen LogP contribution in [0.2, 0.25) is 0 Å². The lowest BCUT2D eigenvalue weighted by molar-refractivity contribution is -0.116. The fourth-order valence-electron chi connectivity index (χ4n) is 2.21. The molecule has 2 aromatic rings. The number of carbonyl (C=O) groups is 1. The Balaban J connectivity index is 1.91. The Morgan fingerprint density at radius 2 is 1.91 bits per heavy atom. The third-order valence-electron chi connectivity index (χ3n) is 3.26. The molecule has 7 heteroatoms. The van der Waals surface area contributed by atoms with Gasteiger partial charge in [0, 0.05) is 18.2 Å². The molecule has 0 aromatic heterocycles. The number of benzene rings is 2. The Morgan fingerprint density at radius 3 is 2.68 bits per heavy atom. The number of hydrogen-bond donors (Lipinski definition) is 1. The van der Waals surface area contributed by atoms with Crippen LogP contribution in [-0.2, 0) is 21.3 Å². The van der Waals surface area contributed by atoms with Crippen LogP contribution in [0.15, 0.2) is 47.4 Å². The van der Waals surface area contributed by atoms with Crippen molar-refractivity contribution in [2.75, 3.05) is 5.32 Å². The van der Waals surface area contributed by atoms with Crippen LogP contribution in [-0.4, -0.2) is 14.3 Å². The first-order valence-corrected chi connectivity index (χ1v) is 7.98. The predicted molar refractivity (Wildman–Crippen MR) is 77.6 cm³/mol. The monoisotopic (exact) mass is 321 g/mol. The summed E-state index contributed by atoms with van der Waals surface area (Å²) in [6, 6.07) is 9.25. The molecule has 2 aromatic carbocycles. The van der Waals surface area contributed by atoms with E-state index >= 15 is 0 Å². The Labute approximate surface area is 126 Å². The standard InChI is InChI=1S/C15H12FNO4S/c16-11-2-1-3-12(9-11)21-22(19,20)13-5-6-14-10(8-13)4-7-15(18)17-14/h1-3,5-6,8-9H,4,7H2,(H,17,18). The van der Waals surface area contributed by atoms with Crippen molar-refractivity contribution in [1.82, 2.24) is 0 Å². The number of anilines is 1. The van der Waals surface area contributed by atoms with Crippen LogP contribution in [0.1, 0.15) is 12.0 Å². The van der Waals surface area contributed by atoms with Crippen molar-refractivity contribution in [1.29, 1.82) is 0 Å². The van der Waals surface area contributed by atoms with E-state index in [0.29, 0.717) is 18.5 Å². The predicted octanol–water partition coefficient (Wildman–Crippen LogP) is 2.48. The molecule has 0 radical (unpaired) electrons. The van der Waals surface area contributed by atoms with Crippen molar-refractivity contribution in [3.05, 3.63) is 53.8 Å². The zero-order valence-corrected chi connectivity index (χ0v) is 12.2. The molecule has 0 bridgehead atoms. The van der Waals surface area contributed by atoms with Gasteiger partial charge >= 0.3 is 10.1 Å². The molecule has 1 aliphatic heterocycles. The molecule has 0 saturated heterocycles. The van der Waals surface area contributed by atoms with Crippen LogP contribution in [0.4, 0.5) is 10.1 Å². The molecule has 1 N–H and O–H groups in total. The van der Waals surface area contributed by atoms with Gasteiger partial charge in [0.25, 0.3) is 0 Å². The van der Waals surface area contributed by atoms with Crippen molar-refractivity contribution in [2.45, 2.75) is 17.7 Å². The summed E-state index contributed by atoms with van der Waals surface area (Å²) in [7, 11) is -4.06. The molecule has 0 unspecified atom stereocenters. The molecule has 1 amide bonds. The molecule has 0 aliphatic carbocycles. The highest BCUT2D eigenvalue weighted by Crippen LogP contribution is 2.27. The van der Waals surface area contributed by atoms with E-state index in [1.807, 2.05) is 0 Å². The van der Waals surface area contributed by atoms with Crippen molar-refractivity contribution >= 4 is 21.7 Å². The fraction of sp³-hybridized carbons (Fsp3) is 0.133. The topological polar surface area (TPSA) is 72.5 Å². The van der Waals surface area contributed by atoms with E-state index in [0.717, 1.165) is 11.6 Å². The molecule has 22 heavy (non-hydrogen) atoms. The zero-order chi connectivity index (χ0) is 15.7. The summed E-state index contributed by atoms with van der Waals surface area (Å²) in [5.74, 6) is -0.772. The van der Waals surface area contributed by atoms with Gasteiger partial charge in [0.2, 0.25) is 5.91 Å². The Hall–Kier alpha value is -2.41. The first kappa shape index (κ1) is 14.5. The largest absolute Gasteiger partial charge is 0.379 e. The minimum Gasteiger partial charge on any atom is -0.379 e. The van der Waals surface area contributed by atoms with E-state index in [4.69, 9.17) is 4.18 Å². The van der Waals surface area contributed by atoms with Gasteiger partial charge in [0.15, 0.2) is 0 Å². The smallest absolute Gasteiger partial charge is 0.339 e. The minimum atomic E-state index is -4.06. The van der Waals surface area contributed by atoms with E-state index in [9.17, 15) is 17.6 Å². The second-order valence-electron chi connectivity index (χ2n) is 4.86. The van der Waals surface area contributed by atoms with E-state index in [2.05, 4.69) is 5.32 Å². The van der Waals surface area contributed by atoms with Gasteiger partial charge in [-0.2, -0.15) is 8.42 Å². The minimum absolute atomic E-state index is 0.0355. The zero-order valence-electron chi connectivity index (χ0n) is 11.4. The van der Waals surface area contributed by atoms with Crippen molar-refractivity contribution in [3.63, 3.8) is 0 Å². The van der Waals surface area contributed by atoms with Crippen molar-refractivity contribution in [3.8, 4) is 5.75 Å². The second kappa shape index (κ2) is 5.42. The van der Waals surface area contributed by atoms with E-state index in [1.165, 1.54) is 36.4 Å². The highest BCUT2D eigenvalue weighted by molar-refractivity contribution is 7.87. The quantitative estimate of drug-likeness (QED) is 0.882. The molecule has 5 nitrogen and oxygen atoms in total. The molecule has 3 rings (SSSR count). The summed E-state index contributed by atoms with van der Waals surface area (Å²) in [6.07, 6.45) is 0.770. The third-order valence-corrected chi connectivity index (χ3v) is 4.51. The molecule has 1 heterocycles. The Kier molecular flexibility index (Phi) is 3.58. The normalized spacial score (nSPS) is 14.1. The van der Waals surface area contributed by atoms with Gasteiger partial charge in [0.05, 0.1) is 0 Å². The number of aryl methyl sites for hydroxylation is 1. The fourth-order valence-corrected chi connectivity index (χ4v) is 3.18. The molecule has 1 aliphatic rings. The van der Waals surface area contributed by atoms with Gasteiger partial charge in [0.1, 0.15) is 16.5 Å². The van der Waals surface area contributed by atoms with Gasteiger partial charge in [-0.25, -0.2) is 4.39 Å². The van der Waals surface area contributed by atoms with Crippen LogP contribution in [0, 0.1) is 5.82 Å². The highest BCUT2D eigenvalue weighted by Gasteiger charge is 2.21. The van der Waals surface area contributed by atoms with E-state index < -0.39 is 15.9 Å². The van der Waals surface area contributed by atoms with Crippen LogP contribution in [0.3, 0.4) is 0 Å². The number of carbonyl (C=O) groups excluding carboxylic acids is 1. The molecular weight excluding hydrogens is 309 g/mol. The number of halogens is 1. The third kappa shape index (κ3) is 2.94. The lowest BCUT2D eigenvalue weighted by atomic mass is 10.0. The summed E-state index contributed by atoms with van der Waals surface area (Å²) < 4.78 is 42.5. The summed E-state index contributed by atoms with van der Waals surface area (Å²) in [5, 5.41) is 2.67. The summed E-state index contributed by atoms with van der Waals surface area (Å²) in [6.45, 7) is 0. The maximum absolute atomic E-state index is 13.1. The van der Waals surface area contributed by atoms with Crippen LogP contribution >= 0.6 is 0 Å². The number of rotatable bonds is 3. The maximum Gasteiger partial charge on any atom is 0.339 e. The summed E-state index contributed by atoms with van der Waals surface area (Å²) >= 11 is 0. The second-order valence-corrected chi connectivity index (χ2v) is 6.41. The van der Waals surface area contributed by atoms with E-state index in [-0.39, 0.29) is 16.6 Å². The number of hydrogen-bond acceptors (Lipinski definition) is 4. The number of amides is 1. The first-order valence-electron chi connectivity index (χ1n) is 6.57. The first-order chi connectivity index (χ1) is 10.4. The Bertz CT molecular complexity index is 848. The SMILES string of the molecule is O=C1CCc2cc(S(=O)(=O)Oc3cccc(F)c3)ccc2N1. The molecular formula is C15H12FNO4S. The number of fused-ring (bicyclic) bond motifs is 1. The maximum atomic E-state index is 13.1. The summed E-state index contributed by atoms with van der Waals surface area (Å²) in [4.78, 5) is 11.3. The molecule has 0 spiro atoms. The highest BCUT2D eigenvalue weighted by atomic mass is 32.2. The van der Waals surface area contributed by atoms with Crippen molar-refractivity contribution < 1.29 is 21.8 Å². The van der Waals surface area contributed by atoms with Crippen LogP contribution in [0.25, 0.3) is 0 Å². The van der Waals surface area contributed by atoms with Gasteiger partial charge in [-0.05, 0) is 42.3 Å². The van der Waals surface area contributed by atoms with E-state index in [1.54, 1.807) is 0 Å². The lowest BCUT2D eigenvalue weighted by Crippen LogP contribution is -2.19. The van der Waals surface area contributed by atoms with Gasteiger partial charge in [-0.15, -0.1) is 0 Å². The molecule has 0 saturated carbocycles. The van der Waals surface area contributed by atoms with Gasteiger partial charge in [-0.3, -0.25) is 4.79 Å². The summed E-state index contributed by atoms with van der Waals surface area (Å²) in [5.41, 5.74) is 1.32. The lowest BCUT2D eigenvalue weighted by Gasteiger charge is -2.17. The molecule has 0 fully saturated rings. The average molecular weight is 321 g/mol. The average Bonchev–Trinajstić information content (AvgIpc) is 2.46. The van der Waals surface area contributed by atoms with Crippen LogP contribution < -0.4 is 9.50 Å². The molecule has 114 valence electrons. The Morgan fingerprint density at radius 1 is 1.09 bits per heavy atom. The van der Waals surface area contributed by atoms with Gasteiger partial charge in [-0.1, -0.05) is 6.07 Å². The van der Waals surface area contributed by atoms with Crippen LogP contribution in [0.5, 0.6) is 5.75 Å².